The van der Waals surface area contributed by atoms with Gasteiger partial charge in [-0.1, -0.05) is 0 Å². The highest BCUT2D eigenvalue weighted by molar-refractivity contribution is 5.94. The second kappa shape index (κ2) is 7.99. The standard InChI is InChI=1S/C18H27N3O2/c1-4-20(5-2)17-10-8-15(9-11-17)18(23)21-12-6-7-16(13-21)19-14(3)22/h8-11,16H,4-7,12-13H2,1-3H3,(H,19,22)/t16-/m1/s1. The smallest absolute Gasteiger partial charge is 0.253 e. The van der Waals surface area contributed by atoms with Crippen LogP contribution in [0.4, 0.5) is 5.69 Å². The number of rotatable bonds is 5. The lowest BCUT2D eigenvalue weighted by Crippen LogP contribution is -2.49. The molecule has 1 saturated heterocycles. The van der Waals surface area contributed by atoms with Crippen LogP contribution in [0.1, 0.15) is 44.0 Å². The van der Waals surface area contributed by atoms with E-state index in [9.17, 15) is 9.59 Å². The molecule has 0 aromatic heterocycles. The van der Waals surface area contributed by atoms with Crippen molar-refractivity contribution in [3.8, 4) is 0 Å². The highest BCUT2D eigenvalue weighted by atomic mass is 16.2. The minimum atomic E-state index is -0.0344. The fourth-order valence-corrected chi connectivity index (χ4v) is 3.15. The first-order valence-electron chi connectivity index (χ1n) is 8.46. The molecule has 5 heteroatoms. The molecule has 2 amide bonds. The highest BCUT2D eigenvalue weighted by Gasteiger charge is 2.24. The zero-order valence-corrected chi connectivity index (χ0v) is 14.3. The van der Waals surface area contributed by atoms with Crippen molar-refractivity contribution in [2.75, 3.05) is 31.1 Å². The Morgan fingerprint density at radius 1 is 1.22 bits per heavy atom. The number of piperidine rings is 1. The molecule has 126 valence electrons. The van der Waals surface area contributed by atoms with Crippen LogP contribution in [-0.4, -0.2) is 48.9 Å². The van der Waals surface area contributed by atoms with Crippen molar-refractivity contribution in [1.29, 1.82) is 0 Å². The Kier molecular flexibility index (Phi) is 6.02. The van der Waals surface area contributed by atoms with Gasteiger partial charge in [-0.05, 0) is 51.0 Å². The van der Waals surface area contributed by atoms with Crippen LogP contribution in [0.5, 0.6) is 0 Å². The van der Waals surface area contributed by atoms with Gasteiger partial charge in [0.1, 0.15) is 0 Å². The predicted octanol–water partition coefficient (Wildman–Crippen LogP) is 2.27. The molecule has 0 unspecified atom stereocenters. The topological polar surface area (TPSA) is 52.7 Å². The van der Waals surface area contributed by atoms with Crippen molar-refractivity contribution >= 4 is 17.5 Å². The third kappa shape index (κ3) is 4.47. The molecule has 1 aromatic rings. The van der Waals surface area contributed by atoms with E-state index in [1.807, 2.05) is 29.2 Å². The largest absolute Gasteiger partial charge is 0.372 e. The Morgan fingerprint density at radius 3 is 2.43 bits per heavy atom. The first-order chi connectivity index (χ1) is 11.0. The summed E-state index contributed by atoms with van der Waals surface area (Å²) in [6.07, 6.45) is 1.86. The van der Waals surface area contributed by atoms with Gasteiger partial charge >= 0.3 is 0 Å². The van der Waals surface area contributed by atoms with Crippen molar-refractivity contribution in [2.45, 2.75) is 39.7 Å². The molecule has 1 heterocycles. The van der Waals surface area contributed by atoms with Gasteiger partial charge in [-0.25, -0.2) is 0 Å². The van der Waals surface area contributed by atoms with Gasteiger partial charge in [0.15, 0.2) is 0 Å². The second-order valence-corrected chi connectivity index (χ2v) is 6.01. The van der Waals surface area contributed by atoms with Gasteiger partial charge in [0, 0.05) is 50.4 Å². The van der Waals surface area contributed by atoms with Crippen LogP contribution in [0.2, 0.25) is 0 Å². The van der Waals surface area contributed by atoms with E-state index in [1.165, 1.54) is 6.92 Å². The van der Waals surface area contributed by atoms with E-state index in [-0.39, 0.29) is 17.9 Å². The van der Waals surface area contributed by atoms with Crippen LogP contribution in [0, 0.1) is 0 Å². The van der Waals surface area contributed by atoms with Crippen molar-refractivity contribution in [3.05, 3.63) is 29.8 Å². The number of benzene rings is 1. The zero-order chi connectivity index (χ0) is 16.8. The van der Waals surface area contributed by atoms with E-state index in [0.29, 0.717) is 12.1 Å². The summed E-state index contributed by atoms with van der Waals surface area (Å²) in [5, 5.41) is 2.92. The van der Waals surface area contributed by atoms with E-state index in [4.69, 9.17) is 0 Å². The zero-order valence-electron chi connectivity index (χ0n) is 14.3. The predicted molar refractivity (Wildman–Crippen MR) is 92.7 cm³/mol. The SMILES string of the molecule is CCN(CC)c1ccc(C(=O)N2CCC[C@@H](NC(C)=O)C2)cc1. The molecule has 1 N–H and O–H groups in total. The number of carbonyl (C=O) groups is 2. The maximum Gasteiger partial charge on any atom is 0.253 e. The molecule has 2 rings (SSSR count). The summed E-state index contributed by atoms with van der Waals surface area (Å²) < 4.78 is 0. The maximum absolute atomic E-state index is 12.7. The summed E-state index contributed by atoms with van der Waals surface area (Å²) in [5.41, 5.74) is 1.85. The van der Waals surface area contributed by atoms with Crippen LogP contribution in [0.15, 0.2) is 24.3 Å². The summed E-state index contributed by atoms with van der Waals surface area (Å²) >= 11 is 0. The first kappa shape index (κ1) is 17.3. The quantitative estimate of drug-likeness (QED) is 0.906. The van der Waals surface area contributed by atoms with E-state index in [1.54, 1.807) is 0 Å². The Bertz CT molecular complexity index is 538. The lowest BCUT2D eigenvalue weighted by molar-refractivity contribution is -0.120. The van der Waals surface area contributed by atoms with E-state index in [2.05, 4.69) is 24.1 Å². The van der Waals surface area contributed by atoms with Gasteiger partial charge in [-0.3, -0.25) is 9.59 Å². The Labute approximate surface area is 138 Å². The monoisotopic (exact) mass is 317 g/mol. The van der Waals surface area contributed by atoms with E-state index in [0.717, 1.165) is 38.2 Å². The van der Waals surface area contributed by atoms with Crippen molar-refractivity contribution in [2.24, 2.45) is 0 Å². The number of amides is 2. The molecule has 0 bridgehead atoms. The fourth-order valence-electron chi connectivity index (χ4n) is 3.15. The molecule has 1 fully saturated rings. The van der Waals surface area contributed by atoms with Gasteiger partial charge in [-0.15, -0.1) is 0 Å². The molecule has 1 aliphatic rings. The van der Waals surface area contributed by atoms with Crippen molar-refractivity contribution in [3.63, 3.8) is 0 Å². The molecular weight excluding hydrogens is 290 g/mol. The number of anilines is 1. The van der Waals surface area contributed by atoms with Crippen LogP contribution in [0.25, 0.3) is 0 Å². The number of nitrogens with zero attached hydrogens (tertiary/aromatic N) is 2. The lowest BCUT2D eigenvalue weighted by atomic mass is 10.0. The second-order valence-electron chi connectivity index (χ2n) is 6.01. The van der Waals surface area contributed by atoms with Crippen LogP contribution in [-0.2, 0) is 4.79 Å². The van der Waals surface area contributed by atoms with Crippen molar-refractivity contribution < 1.29 is 9.59 Å². The van der Waals surface area contributed by atoms with Gasteiger partial charge in [0.25, 0.3) is 5.91 Å². The summed E-state index contributed by atoms with van der Waals surface area (Å²) in [4.78, 5) is 27.9. The van der Waals surface area contributed by atoms with E-state index < -0.39 is 0 Å². The maximum atomic E-state index is 12.7. The lowest BCUT2D eigenvalue weighted by Gasteiger charge is -2.33. The Balaban J connectivity index is 2.03. The highest BCUT2D eigenvalue weighted by Crippen LogP contribution is 2.18. The molecule has 0 spiro atoms. The first-order valence-corrected chi connectivity index (χ1v) is 8.46. The molecule has 0 saturated carbocycles. The minimum absolute atomic E-state index is 0.0344. The van der Waals surface area contributed by atoms with Gasteiger partial charge < -0.3 is 15.1 Å². The van der Waals surface area contributed by atoms with Gasteiger partial charge in [0.2, 0.25) is 5.91 Å². The molecule has 0 aliphatic carbocycles. The average Bonchev–Trinajstić information content (AvgIpc) is 2.55. The van der Waals surface area contributed by atoms with E-state index >= 15 is 0 Å². The fraction of sp³-hybridized carbons (Fsp3) is 0.556. The third-order valence-corrected chi connectivity index (χ3v) is 4.36. The number of nitrogens with one attached hydrogen (secondary N) is 1. The molecule has 23 heavy (non-hydrogen) atoms. The summed E-state index contributed by atoms with van der Waals surface area (Å²) in [5.74, 6) is 0.0130. The summed E-state index contributed by atoms with van der Waals surface area (Å²) in [7, 11) is 0. The van der Waals surface area contributed by atoms with Gasteiger partial charge in [-0.2, -0.15) is 0 Å². The Hall–Kier alpha value is -2.04. The third-order valence-electron chi connectivity index (χ3n) is 4.36. The van der Waals surface area contributed by atoms with Crippen LogP contribution >= 0.6 is 0 Å². The average molecular weight is 317 g/mol. The molecule has 0 radical (unpaired) electrons. The van der Waals surface area contributed by atoms with Crippen LogP contribution < -0.4 is 10.2 Å². The van der Waals surface area contributed by atoms with Crippen molar-refractivity contribution in [1.82, 2.24) is 10.2 Å². The van der Waals surface area contributed by atoms with Gasteiger partial charge in [0.05, 0.1) is 0 Å². The molecule has 5 nitrogen and oxygen atoms in total. The summed E-state index contributed by atoms with van der Waals surface area (Å²) in [6, 6.07) is 7.89. The summed E-state index contributed by atoms with van der Waals surface area (Å²) in [6.45, 7) is 9.02. The number of likely N-dealkylation sites (tertiary alicyclic amines) is 1. The number of carbonyl (C=O) groups excluding carboxylic acids is 2. The number of hydrogen-bond donors (Lipinski definition) is 1. The molecule has 1 aromatic carbocycles. The number of hydrogen-bond acceptors (Lipinski definition) is 3. The molecular formula is C18H27N3O2. The van der Waals surface area contributed by atoms with Crippen LogP contribution in [0.3, 0.4) is 0 Å². The minimum Gasteiger partial charge on any atom is -0.372 e. The molecule has 1 atom stereocenters. The normalized spacial score (nSPS) is 17.7. The Morgan fingerprint density at radius 2 is 1.87 bits per heavy atom. The molecule has 1 aliphatic heterocycles.